The first kappa shape index (κ1) is 13.5. The van der Waals surface area contributed by atoms with E-state index in [2.05, 4.69) is 42.3 Å². The molecule has 1 heterocycles. The Morgan fingerprint density at radius 1 is 1.37 bits per heavy atom. The average molecular weight is 257 g/mol. The molecule has 0 amide bonds. The summed E-state index contributed by atoms with van der Waals surface area (Å²) < 4.78 is 1.63. The first-order chi connectivity index (χ1) is 9.11. The van der Waals surface area contributed by atoms with E-state index < -0.39 is 0 Å². The van der Waals surface area contributed by atoms with Crippen molar-refractivity contribution in [2.24, 2.45) is 0 Å². The highest BCUT2D eigenvalue weighted by Gasteiger charge is 2.13. The maximum atomic E-state index is 11.7. The molecule has 1 N–H and O–H groups in total. The predicted octanol–water partition coefficient (Wildman–Crippen LogP) is 1.82. The molecule has 4 nitrogen and oxygen atoms in total. The highest BCUT2D eigenvalue weighted by atomic mass is 16.1. The van der Waals surface area contributed by atoms with Crippen LogP contribution in [0.25, 0.3) is 0 Å². The summed E-state index contributed by atoms with van der Waals surface area (Å²) >= 11 is 0. The van der Waals surface area contributed by atoms with Gasteiger partial charge in [0, 0.05) is 18.9 Å². The molecule has 0 bridgehead atoms. The molecule has 1 atom stereocenters. The molecule has 2 aromatic rings. The van der Waals surface area contributed by atoms with Crippen molar-refractivity contribution in [3.05, 3.63) is 63.8 Å². The maximum Gasteiger partial charge on any atom is 0.347 e. The third-order valence-corrected chi connectivity index (χ3v) is 3.31. The van der Waals surface area contributed by atoms with E-state index in [4.69, 9.17) is 0 Å². The molecule has 0 saturated carbocycles. The van der Waals surface area contributed by atoms with E-state index in [9.17, 15) is 4.79 Å². The number of aromatic nitrogens is 2. The van der Waals surface area contributed by atoms with Gasteiger partial charge in [-0.2, -0.15) is 0 Å². The predicted molar refractivity (Wildman–Crippen MR) is 76.2 cm³/mol. The van der Waals surface area contributed by atoms with Gasteiger partial charge in [0.25, 0.3) is 0 Å². The number of nitrogens with zero attached hydrogens (tertiary/aromatic N) is 2. The molecule has 0 aliphatic heterocycles. The molecule has 0 aliphatic rings. The summed E-state index contributed by atoms with van der Waals surface area (Å²) in [5.74, 6) is 0. The van der Waals surface area contributed by atoms with Gasteiger partial charge in [-0.25, -0.2) is 9.78 Å². The Morgan fingerprint density at radius 2 is 2.16 bits per heavy atom. The lowest BCUT2D eigenvalue weighted by Crippen LogP contribution is -2.29. The molecule has 19 heavy (non-hydrogen) atoms. The van der Waals surface area contributed by atoms with Crippen LogP contribution in [-0.2, 0) is 6.54 Å². The minimum Gasteiger partial charge on any atom is -0.312 e. The summed E-state index contributed by atoms with van der Waals surface area (Å²) in [4.78, 5) is 15.4. The van der Waals surface area contributed by atoms with Crippen LogP contribution in [0.2, 0.25) is 0 Å². The van der Waals surface area contributed by atoms with E-state index in [1.807, 2.05) is 7.05 Å². The number of likely N-dealkylation sites (N-methyl/N-ethyl adjacent to an activating group) is 1. The minimum absolute atomic E-state index is 0.0995. The maximum absolute atomic E-state index is 11.7. The van der Waals surface area contributed by atoms with Crippen LogP contribution in [0.3, 0.4) is 0 Å². The fourth-order valence-electron chi connectivity index (χ4n) is 2.28. The quantitative estimate of drug-likeness (QED) is 0.909. The summed E-state index contributed by atoms with van der Waals surface area (Å²) in [5, 5.41) is 3.27. The normalized spacial score (nSPS) is 12.4. The molecule has 1 unspecified atom stereocenters. The second-order valence-electron chi connectivity index (χ2n) is 4.76. The van der Waals surface area contributed by atoms with Crippen LogP contribution in [0, 0.1) is 13.8 Å². The average Bonchev–Trinajstić information content (AvgIpc) is 2.39. The molecule has 100 valence electrons. The van der Waals surface area contributed by atoms with Gasteiger partial charge in [-0.05, 0) is 38.1 Å². The molecule has 0 aliphatic carbocycles. The Morgan fingerprint density at radius 3 is 2.79 bits per heavy atom. The van der Waals surface area contributed by atoms with Crippen LogP contribution in [0.5, 0.6) is 0 Å². The van der Waals surface area contributed by atoms with Crippen molar-refractivity contribution in [3.8, 4) is 0 Å². The molecule has 0 radical (unpaired) electrons. The Bertz CT molecular complexity index is 619. The van der Waals surface area contributed by atoms with Crippen molar-refractivity contribution in [3.63, 3.8) is 0 Å². The van der Waals surface area contributed by atoms with Gasteiger partial charge in [0.2, 0.25) is 0 Å². The van der Waals surface area contributed by atoms with E-state index in [-0.39, 0.29) is 11.7 Å². The van der Waals surface area contributed by atoms with Gasteiger partial charge in [0.15, 0.2) is 0 Å². The van der Waals surface area contributed by atoms with Gasteiger partial charge in [-0.3, -0.25) is 4.57 Å². The Kier molecular flexibility index (Phi) is 4.12. The zero-order valence-electron chi connectivity index (χ0n) is 11.6. The van der Waals surface area contributed by atoms with Crippen LogP contribution in [0.1, 0.15) is 22.7 Å². The van der Waals surface area contributed by atoms with E-state index in [0.717, 1.165) is 0 Å². The molecular weight excluding hydrogens is 238 g/mol. The van der Waals surface area contributed by atoms with E-state index >= 15 is 0 Å². The van der Waals surface area contributed by atoms with Crippen molar-refractivity contribution in [2.45, 2.75) is 26.4 Å². The third-order valence-electron chi connectivity index (χ3n) is 3.31. The van der Waals surface area contributed by atoms with Crippen molar-refractivity contribution < 1.29 is 0 Å². The summed E-state index contributed by atoms with van der Waals surface area (Å²) in [6, 6.07) is 8.25. The minimum atomic E-state index is -0.215. The van der Waals surface area contributed by atoms with Crippen LogP contribution in [0.4, 0.5) is 0 Å². The Hall–Kier alpha value is -1.94. The molecule has 0 spiro atoms. The Labute approximate surface area is 113 Å². The number of benzene rings is 1. The summed E-state index contributed by atoms with van der Waals surface area (Å²) in [6.45, 7) is 4.75. The molecule has 2 rings (SSSR count). The van der Waals surface area contributed by atoms with Crippen LogP contribution in [0.15, 0.2) is 41.5 Å². The van der Waals surface area contributed by atoms with Gasteiger partial charge in [-0.15, -0.1) is 0 Å². The SMILES string of the molecule is CNC(Cn1cccnc1=O)c1ccc(C)cc1C. The smallest absolute Gasteiger partial charge is 0.312 e. The lowest BCUT2D eigenvalue weighted by atomic mass is 9.99. The monoisotopic (exact) mass is 257 g/mol. The van der Waals surface area contributed by atoms with E-state index in [1.165, 1.54) is 22.9 Å². The number of hydrogen-bond acceptors (Lipinski definition) is 3. The highest BCUT2D eigenvalue weighted by Crippen LogP contribution is 2.19. The number of rotatable bonds is 4. The van der Waals surface area contributed by atoms with Crippen molar-refractivity contribution >= 4 is 0 Å². The van der Waals surface area contributed by atoms with Gasteiger partial charge >= 0.3 is 5.69 Å². The van der Waals surface area contributed by atoms with Gasteiger partial charge in [0.05, 0.1) is 6.04 Å². The van der Waals surface area contributed by atoms with Crippen LogP contribution < -0.4 is 11.0 Å². The summed E-state index contributed by atoms with van der Waals surface area (Å²) in [5.41, 5.74) is 3.47. The first-order valence-corrected chi connectivity index (χ1v) is 6.37. The molecule has 4 heteroatoms. The lowest BCUT2D eigenvalue weighted by Gasteiger charge is -2.20. The van der Waals surface area contributed by atoms with Crippen molar-refractivity contribution in [2.75, 3.05) is 7.05 Å². The number of aryl methyl sites for hydroxylation is 2. The molecule has 0 saturated heterocycles. The van der Waals surface area contributed by atoms with Crippen molar-refractivity contribution in [1.29, 1.82) is 0 Å². The fourth-order valence-corrected chi connectivity index (χ4v) is 2.28. The first-order valence-electron chi connectivity index (χ1n) is 6.37. The topological polar surface area (TPSA) is 46.9 Å². The lowest BCUT2D eigenvalue weighted by molar-refractivity contribution is 0.483. The molecular formula is C15H19N3O. The second kappa shape index (κ2) is 5.80. The standard InChI is InChI=1S/C15H19N3O/c1-11-5-6-13(12(2)9-11)14(16-3)10-18-8-4-7-17-15(18)19/h4-9,14,16H,10H2,1-3H3. The zero-order valence-corrected chi connectivity index (χ0v) is 11.6. The fraction of sp³-hybridized carbons (Fsp3) is 0.333. The zero-order chi connectivity index (χ0) is 13.8. The third kappa shape index (κ3) is 3.09. The van der Waals surface area contributed by atoms with Crippen molar-refractivity contribution in [1.82, 2.24) is 14.9 Å². The number of nitrogens with one attached hydrogen (secondary N) is 1. The van der Waals surface area contributed by atoms with E-state index in [0.29, 0.717) is 6.54 Å². The Balaban J connectivity index is 2.30. The van der Waals surface area contributed by atoms with Crippen LogP contribution >= 0.6 is 0 Å². The van der Waals surface area contributed by atoms with Gasteiger partial charge < -0.3 is 5.32 Å². The molecule has 0 fully saturated rings. The van der Waals surface area contributed by atoms with Gasteiger partial charge in [0.1, 0.15) is 0 Å². The molecule has 1 aromatic heterocycles. The number of hydrogen-bond donors (Lipinski definition) is 1. The largest absolute Gasteiger partial charge is 0.347 e. The summed E-state index contributed by atoms with van der Waals surface area (Å²) in [6.07, 6.45) is 3.29. The van der Waals surface area contributed by atoms with Gasteiger partial charge in [-0.1, -0.05) is 23.8 Å². The molecule has 1 aromatic carbocycles. The summed E-state index contributed by atoms with van der Waals surface area (Å²) in [7, 11) is 1.91. The van der Waals surface area contributed by atoms with E-state index in [1.54, 1.807) is 16.8 Å². The van der Waals surface area contributed by atoms with Crippen LogP contribution in [-0.4, -0.2) is 16.6 Å². The highest BCUT2D eigenvalue weighted by molar-refractivity contribution is 5.32. The second-order valence-corrected chi connectivity index (χ2v) is 4.76.